The van der Waals surface area contributed by atoms with Crippen molar-refractivity contribution < 1.29 is 13.5 Å². The van der Waals surface area contributed by atoms with Crippen LogP contribution >= 0.6 is 11.6 Å². The van der Waals surface area contributed by atoms with Crippen LogP contribution in [0.15, 0.2) is 30.5 Å². The Kier molecular flexibility index (Phi) is 4.29. The Morgan fingerprint density at radius 2 is 1.89 bits per heavy atom. The van der Waals surface area contributed by atoms with Gasteiger partial charge in [0.1, 0.15) is 22.4 Å². The van der Waals surface area contributed by atoms with E-state index in [1.54, 1.807) is 19.3 Å². The maximum atomic E-state index is 13.0. The average Bonchev–Trinajstić information content (AvgIpc) is 2.32. The molecular weight excluding hydrogens is 274 g/mol. The molecular formula is C13H11ClF2N2O. The van der Waals surface area contributed by atoms with Gasteiger partial charge in [0, 0.05) is 30.9 Å². The van der Waals surface area contributed by atoms with Crippen LogP contribution < -0.4 is 10.1 Å². The summed E-state index contributed by atoms with van der Waals surface area (Å²) in [4.78, 5) is 4.01. The van der Waals surface area contributed by atoms with Gasteiger partial charge in [-0.3, -0.25) is 0 Å². The molecule has 19 heavy (non-hydrogen) atoms. The number of aromatic nitrogens is 1. The molecule has 1 N–H and O–H groups in total. The van der Waals surface area contributed by atoms with Crippen LogP contribution in [0.3, 0.4) is 0 Å². The van der Waals surface area contributed by atoms with Crippen molar-refractivity contribution in [3.63, 3.8) is 0 Å². The standard InChI is InChI=1S/C13H11ClF2N2O/c1-17-6-8-2-12(14)13(18-7-8)19-11-4-9(15)3-10(16)5-11/h2-5,7,17H,6H2,1H3. The van der Waals surface area contributed by atoms with Crippen LogP contribution in [0.5, 0.6) is 11.6 Å². The van der Waals surface area contributed by atoms with Crippen LogP contribution in [-0.2, 0) is 6.54 Å². The lowest BCUT2D eigenvalue weighted by Gasteiger charge is -2.08. The number of nitrogens with zero attached hydrogens (tertiary/aromatic N) is 1. The minimum Gasteiger partial charge on any atom is -0.437 e. The first-order chi connectivity index (χ1) is 9.08. The summed E-state index contributed by atoms with van der Waals surface area (Å²) in [7, 11) is 1.80. The molecule has 1 aromatic heterocycles. The second-order valence-electron chi connectivity index (χ2n) is 3.87. The minimum atomic E-state index is -0.724. The van der Waals surface area contributed by atoms with Gasteiger partial charge < -0.3 is 10.1 Å². The second-order valence-corrected chi connectivity index (χ2v) is 4.28. The van der Waals surface area contributed by atoms with Crippen LogP contribution in [-0.4, -0.2) is 12.0 Å². The quantitative estimate of drug-likeness (QED) is 0.933. The number of ether oxygens (including phenoxy) is 1. The smallest absolute Gasteiger partial charge is 0.238 e. The van der Waals surface area contributed by atoms with E-state index in [1.165, 1.54) is 0 Å². The predicted octanol–water partition coefficient (Wildman–Crippen LogP) is 3.52. The van der Waals surface area contributed by atoms with Crippen molar-refractivity contribution in [2.75, 3.05) is 7.05 Å². The SMILES string of the molecule is CNCc1cnc(Oc2cc(F)cc(F)c2)c(Cl)c1. The molecule has 0 spiro atoms. The van der Waals surface area contributed by atoms with Crippen molar-refractivity contribution in [1.82, 2.24) is 10.3 Å². The zero-order valence-corrected chi connectivity index (χ0v) is 10.8. The van der Waals surface area contributed by atoms with Crippen LogP contribution in [0, 0.1) is 11.6 Å². The number of rotatable bonds is 4. The third-order valence-electron chi connectivity index (χ3n) is 2.30. The van der Waals surface area contributed by atoms with Gasteiger partial charge in [-0.15, -0.1) is 0 Å². The Balaban J connectivity index is 2.23. The van der Waals surface area contributed by atoms with Gasteiger partial charge >= 0.3 is 0 Å². The van der Waals surface area contributed by atoms with E-state index in [-0.39, 0.29) is 16.7 Å². The third kappa shape index (κ3) is 3.62. The van der Waals surface area contributed by atoms with Crippen molar-refractivity contribution in [3.05, 3.63) is 52.7 Å². The third-order valence-corrected chi connectivity index (χ3v) is 2.57. The van der Waals surface area contributed by atoms with E-state index in [1.807, 2.05) is 0 Å². The van der Waals surface area contributed by atoms with Gasteiger partial charge in [-0.1, -0.05) is 11.6 Å². The molecule has 2 aromatic rings. The van der Waals surface area contributed by atoms with E-state index in [0.29, 0.717) is 6.54 Å². The van der Waals surface area contributed by atoms with E-state index < -0.39 is 11.6 Å². The molecule has 0 saturated heterocycles. The van der Waals surface area contributed by atoms with Gasteiger partial charge in [0.2, 0.25) is 5.88 Å². The highest BCUT2D eigenvalue weighted by molar-refractivity contribution is 6.31. The van der Waals surface area contributed by atoms with Gasteiger partial charge in [-0.25, -0.2) is 13.8 Å². The number of hydrogen-bond donors (Lipinski definition) is 1. The van der Waals surface area contributed by atoms with Crippen molar-refractivity contribution >= 4 is 11.6 Å². The summed E-state index contributed by atoms with van der Waals surface area (Å²) in [5, 5.41) is 3.23. The molecule has 0 amide bonds. The van der Waals surface area contributed by atoms with E-state index in [2.05, 4.69) is 10.3 Å². The zero-order valence-electron chi connectivity index (χ0n) is 10.1. The Morgan fingerprint density at radius 1 is 1.21 bits per heavy atom. The molecule has 0 aliphatic carbocycles. The molecule has 6 heteroatoms. The van der Waals surface area contributed by atoms with Gasteiger partial charge in [-0.2, -0.15) is 0 Å². The summed E-state index contributed by atoms with van der Waals surface area (Å²) in [5.41, 5.74) is 0.880. The highest BCUT2D eigenvalue weighted by Crippen LogP contribution is 2.28. The van der Waals surface area contributed by atoms with Crippen molar-refractivity contribution in [2.45, 2.75) is 6.54 Å². The average molecular weight is 285 g/mol. The highest BCUT2D eigenvalue weighted by Gasteiger charge is 2.08. The molecule has 0 aliphatic rings. The fraction of sp³-hybridized carbons (Fsp3) is 0.154. The first-order valence-electron chi connectivity index (χ1n) is 5.51. The van der Waals surface area contributed by atoms with Crippen LogP contribution in [0.2, 0.25) is 5.02 Å². The molecule has 0 bridgehead atoms. The molecule has 0 saturated carbocycles. The van der Waals surface area contributed by atoms with Crippen molar-refractivity contribution in [3.8, 4) is 11.6 Å². The molecule has 0 radical (unpaired) electrons. The summed E-state index contributed by atoms with van der Waals surface area (Å²) >= 11 is 5.99. The molecule has 1 heterocycles. The van der Waals surface area contributed by atoms with E-state index in [0.717, 1.165) is 23.8 Å². The molecule has 0 aliphatic heterocycles. The maximum absolute atomic E-state index is 13.0. The lowest BCUT2D eigenvalue weighted by molar-refractivity contribution is 0.451. The van der Waals surface area contributed by atoms with E-state index >= 15 is 0 Å². The Bertz CT molecular complexity index is 573. The lowest BCUT2D eigenvalue weighted by Crippen LogP contribution is -2.05. The molecule has 0 atom stereocenters. The summed E-state index contributed by atoms with van der Waals surface area (Å²) in [5.74, 6) is -1.34. The van der Waals surface area contributed by atoms with E-state index in [9.17, 15) is 8.78 Å². The van der Waals surface area contributed by atoms with Gasteiger partial charge in [0.25, 0.3) is 0 Å². The molecule has 0 fully saturated rings. The fourth-order valence-electron chi connectivity index (χ4n) is 1.54. The van der Waals surface area contributed by atoms with Crippen LogP contribution in [0.4, 0.5) is 8.78 Å². The van der Waals surface area contributed by atoms with Gasteiger partial charge in [-0.05, 0) is 18.7 Å². The fourth-order valence-corrected chi connectivity index (χ4v) is 1.77. The minimum absolute atomic E-state index is 0.00765. The molecule has 1 aromatic carbocycles. The van der Waals surface area contributed by atoms with Crippen LogP contribution in [0.25, 0.3) is 0 Å². The normalized spacial score (nSPS) is 10.5. The summed E-state index contributed by atoms with van der Waals surface area (Å²) < 4.78 is 31.3. The number of benzene rings is 1. The van der Waals surface area contributed by atoms with E-state index in [4.69, 9.17) is 16.3 Å². The molecule has 3 nitrogen and oxygen atoms in total. The Morgan fingerprint density at radius 3 is 2.47 bits per heavy atom. The first kappa shape index (κ1) is 13.7. The number of pyridine rings is 1. The summed E-state index contributed by atoms with van der Waals surface area (Å²) in [6, 6.07) is 4.55. The summed E-state index contributed by atoms with van der Waals surface area (Å²) in [6.45, 7) is 0.613. The lowest BCUT2D eigenvalue weighted by atomic mass is 10.3. The van der Waals surface area contributed by atoms with Gasteiger partial charge in [0.05, 0.1) is 0 Å². The predicted molar refractivity (Wildman–Crippen MR) is 68.4 cm³/mol. The topological polar surface area (TPSA) is 34.2 Å². The molecule has 100 valence electrons. The van der Waals surface area contributed by atoms with Crippen LogP contribution in [0.1, 0.15) is 5.56 Å². The van der Waals surface area contributed by atoms with Crippen molar-refractivity contribution in [2.24, 2.45) is 0 Å². The second kappa shape index (κ2) is 5.95. The monoisotopic (exact) mass is 284 g/mol. The zero-order chi connectivity index (χ0) is 13.8. The van der Waals surface area contributed by atoms with Crippen molar-refractivity contribution in [1.29, 1.82) is 0 Å². The maximum Gasteiger partial charge on any atom is 0.238 e. The largest absolute Gasteiger partial charge is 0.437 e. The molecule has 0 unspecified atom stereocenters. The first-order valence-corrected chi connectivity index (χ1v) is 5.89. The number of hydrogen-bond acceptors (Lipinski definition) is 3. The highest BCUT2D eigenvalue weighted by atomic mass is 35.5. The Labute approximate surface area is 114 Å². The summed E-state index contributed by atoms with van der Waals surface area (Å²) in [6.07, 6.45) is 1.58. The number of nitrogens with one attached hydrogen (secondary N) is 1. The number of halogens is 3. The van der Waals surface area contributed by atoms with Gasteiger partial charge in [0.15, 0.2) is 0 Å². The Hall–Kier alpha value is -1.72. The molecule has 2 rings (SSSR count).